The lowest BCUT2D eigenvalue weighted by Crippen LogP contribution is -2.15. The van der Waals surface area contributed by atoms with Crippen molar-refractivity contribution in [2.24, 2.45) is 0 Å². The second-order valence-corrected chi connectivity index (χ2v) is 6.92. The van der Waals surface area contributed by atoms with E-state index < -0.39 is 11.3 Å². The zero-order valence-electron chi connectivity index (χ0n) is 15.5. The number of aromatic nitrogens is 1. The number of pyridine rings is 1. The smallest absolute Gasteiger partial charge is 0.334 e. The van der Waals surface area contributed by atoms with Crippen molar-refractivity contribution < 1.29 is 19.1 Å². The summed E-state index contributed by atoms with van der Waals surface area (Å²) < 4.78 is 11.3. The summed E-state index contributed by atoms with van der Waals surface area (Å²) in [6.45, 7) is 1.73. The second kappa shape index (κ2) is 7.89. The molecule has 0 radical (unpaired) electrons. The van der Waals surface area contributed by atoms with Gasteiger partial charge in [-0.1, -0.05) is 36.4 Å². The van der Waals surface area contributed by atoms with Crippen LogP contribution in [0.4, 0.5) is 0 Å². The third-order valence-corrected chi connectivity index (χ3v) is 4.96. The summed E-state index contributed by atoms with van der Waals surface area (Å²) >= 11 is 6.24. The van der Waals surface area contributed by atoms with E-state index in [4.69, 9.17) is 21.1 Å². The quantitative estimate of drug-likeness (QED) is 0.267. The molecule has 0 fully saturated rings. The number of ether oxygens (including phenoxy) is 2. The summed E-state index contributed by atoms with van der Waals surface area (Å²) in [6, 6.07) is 15.7. The molecular formula is C23H16ClNO4. The highest BCUT2D eigenvalue weighted by molar-refractivity contribution is 6.30. The summed E-state index contributed by atoms with van der Waals surface area (Å²) in [4.78, 5) is 29.1. The molecule has 0 N–H and O–H groups in total. The Morgan fingerprint density at radius 2 is 1.93 bits per heavy atom. The maximum absolute atomic E-state index is 12.6. The topological polar surface area (TPSA) is 65.5 Å². The third kappa shape index (κ3) is 3.77. The van der Waals surface area contributed by atoms with Crippen molar-refractivity contribution in [1.29, 1.82) is 0 Å². The fraction of sp³-hybridized carbons (Fsp3) is 0.0870. The number of ketones is 1. The van der Waals surface area contributed by atoms with Crippen molar-refractivity contribution in [3.63, 3.8) is 0 Å². The molecule has 1 unspecified atom stereocenters. The number of Topliss-reactive ketones (excluding diaryl/α,β-unsaturated/α-hetero) is 1. The van der Waals surface area contributed by atoms with Gasteiger partial charge in [-0.2, -0.15) is 0 Å². The van der Waals surface area contributed by atoms with Crippen molar-refractivity contribution in [2.45, 2.75) is 12.3 Å². The van der Waals surface area contributed by atoms with E-state index in [1.807, 2.05) is 12.1 Å². The molecule has 0 spiro atoms. The molecule has 4 rings (SSSR count). The van der Waals surface area contributed by atoms with E-state index in [0.717, 1.165) is 5.56 Å². The van der Waals surface area contributed by atoms with Gasteiger partial charge in [-0.05, 0) is 42.3 Å². The molecule has 5 nitrogen and oxygen atoms in total. The number of fused-ring (bicyclic) bond motifs is 1. The number of benzene rings is 2. The van der Waals surface area contributed by atoms with Crippen molar-refractivity contribution >= 4 is 29.4 Å². The third-order valence-electron chi connectivity index (χ3n) is 4.53. The Labute approximate surface area is 172 Å². The summed E-state index contributed by atoms with van der Waals surface area (Å²) in [5, 5.41) is -0.938. The molecule has 3 aromatic rings. The minimum atomic E-state index is -0.938. The molecule has 2 heterocycles. The molecule has 0 saturated carbocycles. The fourth-order valence-corrected chi connectivity index (χ4v) is 3.20. The average Bonchev–Trinajstić information content (AvgIpc) is 3.07. The molecular weight excluding hydrogens is 390 g/mol. The number of hydrogen-bond donors (Lipinski definition) is 0. The summed E-state index contributed by atoms with van der Waals surface area (Å²) in [6.07, 6.45) is 4.92. The number of carbonyl (C=O) groups excluding carboxylic acids is 2. The molecule has 1 aromatic heterocycles. The van der Waals surface area contributed by atoms with Crippen molar-refractivity contribution in [3.8, 4) is 11.5 Å². The number of esters is 1. The van der Waals surface area contributed by atoms with E-state index in [-0.39, 0.29) is 11.5 Å². The number of rotatable bonds is 4. The van der Waals surface area contributed by atoms with Crippen LogP contribution in [0.5, 0.6) is 11.5 Å². The van der Waals surface area contributed by atoms with E-state index in [9.17, 15) is 9.59 Å². The molecule has 1 aliphatic heterocycles. The van der Waals surface area contributed by atoms with Crippen molar-refractivity contribution in [3.05, 3.63) is 95.0 Å². The second-order valence-electron chi connectivity index (χ2n) is 6.49. The predicted octanol–water partition coefficient (Wildman–Crippen LogP) is 4.89. The lowest BCUT2D eigenvalue weighted by molar-refractivity contribution is -0.134. The van der Waals surface area contributed by atoms with Gasteiger partial charge in [0.05, 0.1) is 5.56 Å². The van der Waals surface area contributed by atoms with Crippen LogP contribution in [0, 0.1) is 6.92 Å². The fourth-order valence-electron chi connectivity index (χ4n) is 3.01. The first-order chi connectivity index (χ1) is 14.0. The number of alkyl halides is 1. The molecule has 0 aliphatic carbocycles. The van der Waals surface area contributed by atoms with Crippen molar-refractivity contribution in [2.75, 3.05) is 0 Å². The van der Waals surface area contributed by atoms with Crippen LogP contribution >= 0.6 is 11.6 Å². The van der Waals surface area contributed by atoms with Gasteiger partial charge in [-0.25, -0.2) is 4.79 Å². The Morgan fingerprint density at radius 3 is 2.66 bits per heavy atom. The van der Waals surface area contributed by atoms with Crippen LogP contribution in [0.15, 0.2) is 72.8 Å². The first-order valence-corrected chi connectivity index (χ1v) is 9.37. The van der Waals surface area contributed by atoms with Gasteiger partial charge in [0.15, 0.2) is 11.1 Å². The number of nitrogens with zero attached hydrogens (tertiary/aromatic N) is 1. The average molecular weight is 406 g/mol. The van der Waals surface area contributed by atoms with E-state index in [1.165, 1.54) is 0 Å². The van der Waals surface area contributed by atoms with Gasteiger partial charge in [0, 0.05) is 18.0 Å². The highest BCUT2D eigenvalue weighted by Gasteiger charge is 2.31. The van der Waals surface area contributed by atoms with Gasteiger partial charge >= 0.3 is 5.97 Å². The van der Waals surface area contributed by atoms with E-state index in [2.05, 4.69) is 4.98 Å². The maximum atomic E-state index is 12.6. The highest BCUT2D eigenvalue weighted by atomic mass is 35.5. The Morgan fingerprint density at radius 1 is 1.14 bits per heavy atom. The molecule has 0 saturated heterocycles. The minimum absolute atomic E-state index is 0.194. The number of allylic oxidation sites excluding steroid dienone is 1. The van der Waals surface area contributed by atoms with Crippen LogP contribution in [0.3, 0.4) is 0 Å². The SMILES string of the molecule is Cc1c(OC(=O)C(Cl)c2ccccc2)ccc2c1O/C(=C\c1cccnc1)C2=O. The number of halogens is 1. The van der Waals surface area contributed by atoms with E-state index in [1.54, 1.807) is 67.9 Å². The Hall–Kier alpha value is -3.44. The number of hydrogen-bond acceptors (Lipinski definition) is 5. The molecule has 1 atom stereocenters. The maximum Gasteiger partial charge on any atom is 0.334 e. The molecule has 0 bridgehead atoms. The monoisotopic (exact) mass is 405 g/mol. The van der Waals surface area contributed by atoms with Crippen LogP contribution in [0.2, 0.25) is 0 Å². The lowest BCUT2D eigenvalue weighted by atomic mass is 10.1. The molecule has 2 aromatic carbocycles. The zero-order valence-corrected chi connectivity index (χ0v) is 16.2. The van der Waals surface area contributed by atoms with E-state index >= 15 is 0 Å². The summed E-state index contributed by atoms with van der Waals surface area (Å²) in [7, 11) is 0. The van der Waals surface area contributed by atoms with Crippen LogP contribution in [0.1, 0.15) is 32.4 Å². The van der Waals surface area contributed by atoms with Gasteiger partial charge in [0.1, 0.15) is 11.5 Å². The molecule has 1 aliphatic rings. The van der Waals surface area contributed by atoms with Gasteiger partial charge in [-0.3, -0.25) is 9.78 Å². The number of carbonyl (C=O) groups is 2. The minimum Gasteiger partial charge on any atom is -0.452 e. The Bertz CT molecular complexity index is 1110. The van der Waals surface area contributed by atoms with Gasteiger partial charge < -0.3 is 9.47 Å². The zero-order chi connectivity index (χ0) is 20.4. The van der Waals surface area contributed by atoms with Crippen LogP contribution in [-0.4, -0.2) is 16.7 Å². The van der Waals surface area contributed by atoms with Crippen LogP contribution in [-0.2, 0) is 4.79 Å². The molecule has 144 valence electrons. The Balaban J connectivity index is 1.58. The molecule has 29 heavy (non-hydrogen) atoms. The van der Waals surface area contributed by atoms with Crippen molar-refractivity contribution in [1.82, 2.24) is 4.98 Å². The highest BCUT2D eigenvalue weighted by Crippen LogP contribution is 2.39. The first kappa shape index (κ1) is 18.9. The van der Waals surface area contributed by atoms with Gasteiger partial charge in [-0.15, -0.1) is 11.6 Å². The standard InChI is InChI=1S/C23H16ClNO4/c1-14-18(29-23(27)20(24)16-7-3-2-4-8-16)10-9-17-21(26)19(28-22(14)17)12-15-6-5-11-25-13-15/h2-13,20H,1H3/b19-12-. The predicted molar refractivity (Wildman–Crippen MR) is 109 cm³/mol. The van der Waals surface area contributed by atoms with E-state index in [0.29, 0.717) is 28.2 Å². The summed E-state index contributed by atoms with van der Waals surface area (Å²) in [5.41, 5.74) is 2.37. The molecule has 0 amide bonds. The van der Waals surface area contributed by atoms with Gasteiger partial charge in [0.2, 0.25) is 5.78 Å². The molecule has 6 heteroatoms. The summed E-state index contributed by atoms with van der Waals surface area (Å²) in [5.74, 6) is 0.0341. The Kier molecular flexibility index (Phi) is 5.14. The lowest BCUT2D eigenvalue weighted by Gasteiger charge is -2.13. The normalized spacial score (nSPS) is 15.0. The van der Waals surface area contributed by atoms with Gasteiger partial charge in [0.25, 0.3) is 0 Å². The largest absolute Gasteiger partial charge is 0.452 e. The van der Waals surface area contributed by atoms with Crippen LogP contribution < -0.4 is 9.47 Å². The first-order valence-electron chi connectivity index (χ1n) is 8.93. The van der Waals surface area contributed by atoms with Crippen LogP contribution in [0.25, 0.3) is 6.08 Å².